The van der Waals surface area contributed by atoms with Crippen molar-refractivity contribution in [2.75, 3.05) is 6.54 Å². The van der Waals surface area contributed by atoms with Crippen LogP contribution in [0.5, 0.6) is 0 Å². The summed E-state index contributed by atoms with van der Waals surface area (Å²) in [4.78, 5) is 12.0. The summed E-state index contributed by atoms with van der Waals surface area (Å²) >= 11 is 1.39. The van der Waals surface area contributed by atoms with Crippen LogP contribution < -0.4 is 5.32 Å². The van der Waals surface area contributed by atoms with Gasteiger partial charge in [-0.25, -0.2) is 0 Å². The average Bonchev–Trinajstić information content (AvgIpc) is 2.92. The predicted molar refractivity (Wildman–Crippen MR) is 104 cm³/mol. The van der Waals surface area contributed by atoms with Crippen LogP contribution in [0, 0.1) is 0 Å². The molecule has 2 aromatic rings. The summed E-state index contributed by atoms with van der Waals surface area (Å²) in [6, 6.07) is 8.39. The molecule has 1 aromatic heterocycles. The third-order valence-corrected chi connectivity index (χ3v) is 5.05. The van der Waals surface area contributed by atoms with Crippen LogP contribution in [0.15, 0.2) is 42.1 Å². The molecule has 25 heavy (non-hydrogen) atoms. The largest absolute Gasteiger partial charge is 0.352 e. The standard InChI is InChI=1S/C19H26N4OS/c1-7-12-20-17(24)13(2)25-18-22-21-16(23(18)6)14-8-10-15(11-9-14)19(3,4)5/h7-11,13H,1,12H2,2-6H3,(H,20,24)/t13-/m0/s1. The van der Waals surface area contributed by atoms with Crippen LogP contribution in [0.25, 0.3) is 11.4 Å². The first-order chi connectivity index (χ1) is 11.7. The molecule has 0 radical (unpaired) electrons. The molecule has 0 aliphatic heterocycles. The smallest absolute Gasteiger partial charge is 0.233 e. The molecule has 0 aliphatic rings. The molecule has 2 rings (SSSR count). The Morgan fingerprint density at radius 1 is 1.32 bits per heavy atom. The van der Waals surface area contributed by atoms with E-state index in [-0.39, 0.29) is 16.6 Å². The topological polar surface area (TPSA) is 59.8 Å². The maximum atomic E-state index is 12.0. The monoisotopic (exact) mass is 358 g/mol. The van der Waals surface area contributed by atoms with Gasteiger partial charge in [0.15, 0.2) is 11.0 Å². The number of hydrogen-bond acceptors (Lipinski definition) is 4. The molecule has 1 amide bonds. The summed E-state index contributed by atoms with van der Waals surface area (Å²) in [6.07, 6.45) is 1.66. The Morgan fingerprint density at radius 3 is 2.52 bits per heavy atom. The first kappa shape index (κ1) is 19.2. The quantitative estimate of drug-likeness (QED) is 0.633. The van der Waals surface area contributed by atoms with Gasteiger partial charge in [-0.1, -0.05) is 62.9 Å². The zero-order valence-electron chi connectivity index (χ0n) is 15.5. The predicted octanol–water partition coefficient (Wildman–Crippen LogP) is 3.56. The Labute approximate surface area is 153 Å². The molecular weight excluding hydrogens is 332 g/mol. The van der Waals surface area contributed by atoms with Crippen molar-refractivity contribution >= 4 is 17.7 Å². The second-order valence-corrected chi connectivity index (χ2v) is 8.29. The van der Waals surface area contributed by atoms with E-state index in [1.54, 1.807) is 6.08 Å². The fraction of sp³-hybridized carbons (Fsp3) is 0.421. The lowest BCUT2D eigenvalue weighted by molar-refractivity contribution is -0.120. The van der Waals surface area contributed by atoms with Gasteiger partial charge in [-0.2, -0.15) is 0 Å². The Kier molecular flexibility index (Phi) is 6.06. The summed E-state index contributed by atoms with van der Waals surface area (Å²) in [5.41, 5.74) is 2.41. The highest BCUT2D eigenvalue weighted by Crippen LogP contribution is 2.28. The van der Waals surface area contributed by atoms with Gasteiger partial charge in [0.25, 0.3) is 0 Å². The van der Waals surface area contributed by atoms with Crippen LogP contribution >= 0.6 is 11.8 Å². The van der Waals surface area contributed by atoms with E-state index in [4.69, 9.17) is 0 Å². The summed E-state index contributed by atoms with van der Waals surface area (Å²) in [6.45, 7) is 12.5. The number of aromatic nitrogens is 3. The normalized spacial score (nSPS) is 12.7. The van der Waals surface area contributed by atoms with Gasteiger partial charge in [0, 0.05) is 19.2 Å². The Morgan fingerprint density at radius 2 is 1.96 bits per heavy atom. The van der Waals surface area contributed by atoms with Crippen LogP contribution in [-0.4, -0.2) is 32.5 Å². The number of thioether (sulfide) groups is 1. The lowest BCUT2D eigenvalue weighted by atomic mass is 9.87. The van der Waals surface area contributed by atoms with E-state index in [1.165, 1.54) is 17.3 Å². The number of nitrogens with one attached hydrogen (secondary N) is 1. The van der Waals surface area contributed by atoms with E-state index in [1.807, 2.05) is 18.5 Å². The summed E-state index contributed by atoms with van der Waals surface area (Å²) in [5.74, 6) is 0.755. The van der Waals surface area contributed by atoms with Gasteiger partial charge in [-0.3, -0.25) is 4.79 Å². The first-order valence-electron chi connectivity index (χ1n) is 8.29. The van der Waals surface area contributed by atoms with E-state index in [2.05, 4.69) is 67.1 Å². The molecule has 0 aliphatic carbocycles. The van der Waals surface area contributed by atoms with Gasteiger partial charge in [-0.05, 0) is 17.9 Å². The number of carbonyl (C=O) groups is 1. The fourth-order valence-corrected chi connectivity index (χ4v) is 3.16. The van der Waals surface area contributed by atoms with Gasteiger partial charge in [0.1, 0.15) is 0 Å². The van der Waals surface area contributed by atoms with Crippen LogP contribution in [0.2, 0.25) is 0 Å². The molecule has 1 heterocycles. The molecule has 0 saturated carbocycles. The van der Waals surface area contributed by atoms with Crippen molar-refractivity contribution in [1.29, 1.82) is 0 Å². The van der Waals surface area contributed by atoms with Crippen LogP contribution in [0.4, 0.5) is 0 Å². The minimum Gasteiger partial charge on any atom is -0.352 e. The van der Waals surface area contributed by atoms with Crippen molar-refractivity contribution in [1.82, 2.24) is 20.1 Å². The molecule has 1 N–H and O–H groups in total. The third kappa shape index (κ3) is 4.72. The van der Waals surface area contributed by atoms with Crippen molar-refractivity contribution < 1.29 is 4.79 Å². The highest BCUT2D eigenvalue weighted by Gasteiger charge is 2.19. The van der Waals surface area contributed by atoms with E-state index < -0.39 is 0 Å². The van der Waals surface area contributed by atoms with Crippen molar-refractivity contribution in [3.63, 3.8) is 0 Å². The molecule has 1 atom stereocenters. The third-order valence-electron chi connectivity index (χ3n) is 3.92. The summed E-state index contributed by atoms with van der Waals surface area (Å²) in [7, 11) is 1.92. The molecular formula is C19H26N4OS. The maximum absolute atomic E-state index is 12.0. The molecule has 1 aromatic carbocycles. The first-order valence-corrected chi connectivity index (χ1v) is 9.17. The van der Waals surface area contributed by atoms with E-state index in [0.717, 1.165) is 16.5 Å². The van der Waals surface area contributed by atoms with Gasteiger partial charge >= 0.3 is 0 Å². The maximum Gasteiger partial charge on any atom is 0.233 e. The molecule has 0 bridgehead atoms. The van der Waals surface area contributed by atoms with Gasteiger partial charge in [0.05, 0.1) is 5.25 Å². The fourth-order valence-electron chi connectivity index (χ4n) is 2.32. The molecule has 5 nitrogen and oxygen atoms in total. The number of hydrogen-bond donors (Lipinski definition) is 1. The molecule has 0 saturated heterocycles. The number of rotatable bonds is 6. The molecule has 6 heteroatoms. The van der Waals surface area contributed by atoms with E-state index in [9.17, 15) is 4.79 Å². The van der Waals surface area contributed by atoms with Crippen molar-refractivity contribution in [3.8, 4) is 11.4 Å². The highest BCUT2D eigenvalue weighted by atomic mass is 32.2. The average molecular weight is 359 g/mol. The van der Waals surface area contributed by atoms with Crippen molar-refractivity contribution in [2.45, 2.75) is 43.5 Å². The van der Waals surface area contributed by atoms with Gasteiger partial charge in [-0.15, -0.1) is 16.8 Å². The summed E-state index contributed by atoms with van der Waals surface area (Å²) in [5, 5.41) is 11.8. The number of amides is 1. The molecule has 0 unspecified atom stereocenters. The lowest BCUT2D eigenvalue weighted by Gasteiger charge is -2.19. The zero-order chi connectivity index (χ0) is 18.6. The second-order valence-electron chi connectivity index (χ2n) is 6.99. The van der Waals surface area contributed by atoms with Gasteiger partial charge in [0.2, 0.25) is 5.91 Å². The SMILES string of the molecule is C=CCNC(=O)[C@H](C)Sc1nnc(-c2ccc(C(C)(C)C)cc2)n1C. The molecule has 0 fully saturated rings. The highest BCUT2D eigenvalue weighted by molar-refractivity contribution is 8.00. The van der Waals surface area contributed by atoms with E-state index >= 15 is 0 Å². The second kappa shape index (κ2) is 7.87. The van der Waals surface area contributed by atoms with Crippen LogP contribution in [0.1, 0.15) is 33.3 Å². The molecule has 134 valence electrons. The van der Waals surface area contributed by atoms with E-state index in [0.29, 0.717) is 6.54 Å². The minimum atomic E-state index is -0.251. The van der Waals surface area contributed by atoms with Crippen LogP contribution in [0.3, 0.4) is 0 Å². The number of nitrogens with zero attached hydrogens (tertiary/aromatic N) is 3. The summed E-state index contributed by atoms with van der Waals surface area (Å²) < 4.78 is 1.92. The zero-order valence-corrected chi connectivity index (χ0v) is 16.4. The molecule has 0 spiro atoms. The Balaban J connectivity index is 2.15. The Bertz CT molecular complexity index is 744. The van der Waals surface area contributed by atoms with Crippen molar-refractivity contribution in [3.05, 3.63) is 42.5 Å². The Hall–Kier alpha value is -2.08. The van der Waals surface area contributed by atoms with Crippen LogP contribution in [-0.2, 0) is 17.3 Å². The van der Waals surface area contributed by atoms with Crippen molar-refractivity contribution in [2.24, 2.45) is 7.05 Å². The van der Waals surface area contributed by atoms with Gasteiger partial charge < -0.3 is 9.88 Å². The lowest BCUT2D eigenvalue weighted by Crippen LogP contribution is -2.31. The number of carbonyl (C=O) groups excluding carboxylic acids is 1. The minimum absolute atomic E-state index is 0.0380. The number of benzene rings is 1.